The molecule has 1 N–H and O–H groups in total. The maximum atomic E-state index is 13.5. The van der Waals surface area contributed by atoms with Crippen molar-refractivity contribution < 1.29 is 13.9 Å². The number of benzene rings is 2. The fourth-order valence-electron chi connectivity index (χ4n) is 4.09. The molecule has 2 heterocycles. The van der Waals surface area contributed by atoms with Crippen LogP contribution in [0, 0.1) is 11.7 Å². The summed E-state index contributed by atoms with van der Waals surface area (Å²) in [5, 5.41) is 3.33. The molecule has 2 atom stereocenters. The van der Waals surface area contributed by atoms with Gasteiger partial charge < -0.3 is 15.0 Å². The Bertz CT molecular complexity index is 785. The van der Waals surface area contributed by atoms with E-state index in [4.69, 9.17) is 4.74 Å². The van der Waals surface area contributed by atoms with Crippen molar-refractivity contribution >= 4 is 5.91 Å². The molecule has 2 aliphatic rings. The summed E-state index contributed by atoms with van der Waals surface area (Å²) in [5.74, 6) is 0.0598. The second-order valence-corrected chi connectivity index (χ2v) is 7.34. The van der Waals surface area contributed by atoms with Crippen molar-refractivity contribution in [3.63, 3.8) is 0 Å². The Balaban J connectivity index is 1.62. The Morgan fingerprint density at radius 3 is 2.85 bits per heavy atom. The Kier molecular flexibility index (Phi) is 5.50. The molecule has 1 fully saturated rings. The molecule has 0 bridgehead atoms. The Morgan fingerprint density at radius 1 is 1.19 bits per heavy atom. The maximum Gasteiger partial charge on any atom is 0.223 e. The Labute approximate surface area is 159 Å². The molecule has 0 aliphatic carbocycles. The van der Waals surface area contributed by atoms with E-state index in [9.17, 15) is 9.18 Å². The van der Waals surface area contributed by atoms with Crippen LogP contribution >= 0.6 is 0 Å². The summed E-state index contributed by atoms with van der Waals surface area (Å²) >= 11 is 0. The summed E-state index contributed by atoms with van der Waals surface area (Å²) < 4.78 is 19.1. The van der Waals surface area contributed by atoms with Crippen LogP contribution in [0.15, 0.2) is 48.5 Å². The zero-order chi connectivity index (χ0) is 18.6. The van der Waals surface area contributed by atoms with Gasteiger partial charge in [-0.1, -0.05) is 36.4 Å². The molecule has 4 rings (SSSR count). The van der Waals surface area contributed by atoms with Crippen molar-refractivity contribution in [1.82, 2.24) is 10.2 Å². The smallest absolute Gasteiger partial charge is 0.223 e. The Hall–Kier alpha value is -2.24. The second-order valence-electron chi connectivity index (χ2n) is 7.34. The summed E-state index contributed by atoms with van der Waals surface area (Å²) in [6.45, 7) is 3.63. The molecule has 0 spiro atoms. The highest BCUT2D eigenvalue weighted by atomic mass is 19.1. The van der Waals surface area contributed by atoms with Crippen LogP contribution in [0.4, 0.5) is 4.39 Å². The molecule has 0 unspecified atom stereocenters. The van der Waals surface area contributed by atoms with Gasteiger partial charge in [0.05, 0.1) is 19.3 Å². The van der Waals surface area contributed by atoms with Crippen molar-refractivity contribution in [1.29, 1.82) is 0 Å². The number of amides is 1. The first-order chi connectivity index (χ1) is 13.2. The van der Waals surface area contributed by atoms with E-state index in [2.05, 4.69) is 17.4 Å². The minimum Gasteiger partial charge on any atom is -0.380 e. The predicted molar refractivity (Wildman–Crippen MR) is 102 cm³/mol. The van der Waals surface area contributed by atoms with E-state index >= 15 is 0 Å². The number of ether oxygens (including phenoxy) is 1. The van der Waals surface area contributed by atoms with Gasteiger partial charge in [-0.2, -0.15) is 0 Å². The highest BCUT2D eigenvalue weighted by Gasteiger charge is 2.32. The summed E-state index contributed by atoms with van der Waals surface area (Å²) in [5.41, 5.74) is 3.35. The van der Waals surface area contributed by atoms with Crippen molar-refractivity contribution in [3.05, 3.63) is 71.0 Å². The standard InChI is InChI=1S/C22H25FN2O2/c23-19-7-5-18(6-8-19)22-20-4-2-1-3-17(20)9-11-25(22)21(26)13-16-14-24-10-12-27-15-16/h1-8,16,22,24H,9-15H2/t16-,22-/m0/s1. The molecule has 1 amide bonds. The molecule has 2 aromatic rings. The molecule has 27 heavy (non-hydrogen) atoms. The number of carbonyl (C=O) groups excluding carboxylic acids is 1. The van der Waals surface area contributed by atoms with Gasteiger partial charge in [0.25, 0.3) is 0 Å². The van der Waals surface area contributed by atoms with Crippen LogP contribution in [0.25, 0.3) is 0 Å². The molecule has 1 saturated heterocycles. The van der Waals surface area contributed by atoms with Gasteiger partial charge in [-0.3, -0.25) is 4.79 Å². The zero-order valence-corrected chi connectivity index (χ0v) is 15.4. The highest BCUT2D eigenvalue weighted by Crippen LogP contribution is 2.36. The minimum atomic E-state index is -0.262. The van der Waals surface area contributed by atoms with Crippen LogP contribution in [0.3, 0.4) is 0 Å². The number of nitrogens with one attached hydrogen (secondary N) is 1. The van der Waals surface area contributed by atoms with Gasteiger partial charge in [0, 0.05) is 32.0 Å². The number of fused-ring (bicyclic) bond motifs is 1. The molecule has 0 saturated carbocycles. The molecular weight excluding hydrogens is 343 g/mol. The number of hydrogen-bond acceptors (Lipinski definition) is 3. The molecule has 0 aromatic heterocycles. The van der Waals surface area contributed by atoms with E-state index in [1.165, 1.54) is 17.7 Å². The van der Waals surface area contributed by atoms with Crippen molar-refractivity contribution in [2.24, 2.45) is 5.92 Å². The summed E-state index contributed by atoms with van der Waals surface area (Å²) in [4.78, 5) is 15.2. The number of rotatable bonds is 3. The first-order valence-corrected chi connectivity index (χ1v) is 9.63. The quantitative estimate of drug-likeness (QED) is 0.906. The summed E-state index contributed by atoms with van der Waals surface area (Å²) in [6, 6.07) is 14.6. The van der Waals surface area contributed by atoms with Gasteiger partial charge in [0.2, 0.25) is 5.91 Å². The fourth-order valence-corrected chi connectivity index (χ4v) is 4.09. The third kappa shape index (κ3) is 4.04. The molecule has 142 valence electrons. The van der Waals surface area contributed by atoms with E-state index in [-0.39, 0.29) is 23.7 Å². The lowest BCUT2D eigenvalue weighted by atomic mass is 9.87. The predicted octanol–water partition coefficient (Wildman–Crippen LogP) is 2.93. The first kappa shape index (κ1) is 18.1. The number of carbonyl (C=O) groups is 1. The van der Waals surface area contributed by atoms with Crippen LogP contribution in [-0.2, 0) is 16.0 Å². The Morgan fingerprint density at radius 2 is 2.00 bits per heavy atom. The molecule has 2 aliphatic heterocycles. The molecule has 4 nitrogen and oxygen atoms in total. The molecule has 2 aromatic carbocycles. The van der Waals surface area contributed by atoms with Gasteiger partial charge in [-0.25, -0.2) is 4.39 Å². The average molecular weight is 368 g/mol. The van der Waals surface area contributed by atoms with Crippen LogP contribution in [0.2, 0.25) is 0 Å². The fraction of sp³-hybridized carbons (Fsp3) is 0.409. The second kappa shape index (κ2) is 8.19. The van der Waals surface area contributed by atoms with Crippen molar-refractivity contribution in [3.8, 4) is 0 Å². The number of nitrogens with zero attached hydrogens (tertiary/aromatic N) is 1. The third-order valence-corrected chi connectivity index (χ3v) is 5.46. The lowest BCUT2D eigenvalue weighted by Crippen LogP contribution is -2.42. The van der Waals surface area contributed by atoms with Crippen LogP contribution in [0.1, 0.15) is 29.2 Å². The van der Waals surface area contributed by atoms with Gasteiger partial charge in [-0.05, 0) is 35.2 Å². The summed E-state index contributed by atoms with van der Waals surface area (Å²) in [6.07, 6.45) is 1.31. The largest absolute Gasteiger partial charge is 0.380 e. The SMILES string of the molecule is O=C(C[C@H]1CNCCOC1)N1CCc2ccccc2[C@@H]1c1ccc(F)cc1. The highest BCUT2D eigenvalue weighted by molar-refractivity contribution is 5.78. The maximum absolute atomic E-state index is 13.5. The van der Waals surface area contributed by atoms with Gasteiger partial charge in [0.1, 0.15) is 5.82 Å². The number of halogens is 1. The minimum absolute atomic E-state index is 0.135. The van der Waals surface area contributed by atoms with Crippen LogP contribution < -0.4 is 5.32 Å². The van der Waals surface area contributed by atoms with E-state index in [1.807, 2.05) is 17.0 Å². The zero-order valence-electron chi connectivity index (χ0n) is 15.4. The van der Waals surface area contributed by atoms with E-state index in [0.29, 0.717) is 26.2 Å². The van der Waals surface area contributed by atoms with Gasteiger partial charge in [0.15, 0.2) is 0 Å². The van der Waals surface area contributed by atoms with E-state index < -0.39 is 0 Å². The number of hydrogen-bond donors (Lipinski definition) is 1. The van der Waals surface area contributed by atoms with Crippen molar-refractivity contribution in [2.75, 3.05) is 32.8 Å². The topological polar surface area (TPSA) is 41.6 Å². The van der Waals surface area contributed by atoms with Crippen LogP contribution in [-0.4, -0.2) is 43.7 Å². The van der Waals surface area contributed by atoms with E-state index in [1.54, 1.807) is 12.1 Å². The molecular formula is C22H25FN2O2. The normalized spacial score (nSPS) is 22.8. The lowest BCUT2D eigenvalue weighted by Gasteiger charge is -2.38. The molecule has 0 radical (unpaired) electrons. The van der Waals surface area contributed by atoms with E-state index in [0.717, 1.165) is 30.6 Å². The average Bonchev–Trinajstić information content (AvgIpc) is 2.96. The first-order valence-electron chi connectivity index (χ1n) is 9.63. The van der Waals surface area contributed by atoms with Gasteiger partial charge in [-0.15, -0.1) is 0 Å². The van der Waals surface area contributed by atoms with Gasteiger partial charge >= 0.3 is 0 Å². The lowest BCUT2D eigenvalue weighted by molar-refractivity contribution is -0.134. The third-order valence-electron chi connectivity index (χ3n) is 5.46. The summed E-state index contributed by atoms with van der Waals surface area (Å²) in [7, 11) is 0. The van der Waals surface area contributed by atoms with Crippen molar-refractivity contribution in [2.45, 2.75) is 18.9 Å². The molecule has 5 heteroatoms. The van der Waals surface area contributed by atoms with Crippen LogP contribution in [0.5, 0.6) is 0 Å². The monoisotopic (exact) mass is 368 g/mol.